The molecule has 6 nitrogen and oxygen atoms in total. The van der Waals surface area contributed by atoms with E-state index in [9.17, 15) is 9.90 Å². The number of nitrogens with zero attached hydrogens (tertiary/aromatic N) is 2. The molecule has 1 atom stereocenters. The fourth-order valence-corrected chi connectivity index (χ4v) is 3.09. The number of aromatic carboxylic acids is 1. The topological polar surface area (TPSA) is 91.5 Å². The van der Waals surface area contributed by atoms with Crippen LogP contribution in [0.2, 0.25) is 0 Å². The van der Waals surface area contributed by atoms with E-state index in [4.69, 9.17) is 5.73 Å². The van der Waals surface area contributed by atoms with Gasteiger partial charge in [-0.2, -0.15) is 0 Å². The third-order valence-corrected chi connectivity index (χ3v) is 4.15. The molecule has 0 aromatic carbocycles. The average Bonchev–Trinajstić information content (AvgIpc) is 2.42. The van der Waals surface area contributed by atoms with Gasteiger partial charge in [-0.1, -0.05) is 0 Å². The van der Waals surface area contributed by atoms with E-state index in [0.29, 0.717) is 17.6 Å². The number of anilines is 2. The van der Waals surface area contributed by atoms with Crippen LogP contribution in [0.15, 0.2) is 12.3 Å². The molecule has 102 valence electrons. The molecule has 0 aliphatic carbocycles. The first kappa shape index (κ1) is 12.2. The lowest BCUT2D eigenvalue weighted by Crippen LogP contribution is -2.53. The minimum absolute atomic E-state index is 0.198. The van der Waals surface area contributed by atoms with Crippen molar-refractivity contribution in [2.75, 3.05) is 30.7 Å². The van der Waals surface area contributed by atoms with Gasteiger partial charge >= 0.3 is 5.97 Å². The van der Waals surface area contributed by atoms with E-state index in [1.165, 1.54) is 25.1 Å². The molecular formula is C13H18N4O2. The van der Waals surface area contributed by atoms with E-state index >= 15 is 0 Å². The van der Waals surface area contributed by atoms with Crippen LogP contribution in [0.3, 0.4) is 0 Å². The van der Waals surface area contributed by atoms with Crippen molar-refractivity contribution >= 4 is 17.5 Å². The van der Waals surface area contributed by atoms with Gasteiger partial charge in [0.25, 0.3) is 0 Å². The first-order chi connectivity index (χ1) is 9.13. The summed E-state index contributed by atoms with van der Waals surface area (Å²) in [6, 6.07) is 1.72. The molecule has 0 saturated carbocycles. The van der Waals surface area contributed by atoms with Crippen LogP contribution in [-0.4, -0.2) is 46.6 Å². The van der Waals surface area contributed by atoms with Crippen LogP contribution in [0.5, 0.6) is 0 Å². The number of nitrogens with two attached hydrogens (primary N) is 1. The van der Waals surface area contributed by atoms with E-state index in [1.807, 2.05) is 0 Å². The quantitative estimate of drug-likeness (QED) is 0.748. The smallest absolute Gasteiger partial charge is 0.337 e. The number of rotatable bonds is 3. The fourth-order valence-electron chi connectivity index (χ4n) is 3.09. The van der Waals surface area contributed by atoms with Crippen LogP contribution in [0, 0.1) is 5.92 Å². The molecule has 4 heterocycles. The highest BCUT2D eigenvalue weighted by molar-refractivity contribution is 5.94. The fraction of sp³-hybridized carbons (Fsp3) is 0.538. The van der Waals surface area contributed by atoms with E-state index in [0.717, 1.165) is 19.6 Å². The number of carboxylic acids is 1. The molecular weight excluding hydrogens is 244 g/mol. The van der Waals surface area contributed by atoms with Crippen molar-refractivity contribution in [3.8, 4) is 0 Å². The molecule has 1 unspecified atom stereocenters. The standard InChI is InChI=1S/C13H18N4O2/c14-12-5-9(13(18)19)10(6-15-12)16-11-7-17-3-1-8(11)2-4-17/h5-6,8,11,16H,1-4,7H2,(H2,14,15)(H,18,19). The van der Waals surface area contributed by atoms with Crippen LogP contribution in [0.1, 0.15) is 23.2 Å². The molecule has 0 spiro atoms. The third kappa shape index (κ3) is 2.35. The number of aromatic nitrogens is 1. The van der Waals surface area contributed by atoms with Gasteiger partial charge in [-0.05, 0) is 37.9 Å². The lowest BCUT2D eigenvalue weighted by atomic mass is 9.84. The van der Waals surface area contributed by atoms with Crippen molar-refractivity contribution in [2.45, 2.75) is 18.9 Å². The molecule has 3 aliphatic heterocycles. The molecule has 4 N–H and O–H groups in total. The monoisotopic (exact) mass is 262 g/mol. The number of hydrogen-bond donors (Lipinski definition) is 3. The molecule has 3 fully saturated rings. The minimum atomic E-state index is -0.974. The van der Waals surface area contributed by atoms with Crippen molar-refractivity contribution in [2.24, 2.45) is 5.92 Å². The Morgan fingerprint density at radius 2 is 2.21 bits per heavy atom. The second kappa shape index (κ2) is 4.70. The first-order valence-corrected chi connectivity index (χ1v) is 6.61. The number of fused-ring (bicyclic) bond motifs is 3. The summed E-state index contributed by atoms with van der Waals surface area (Å²) in [6.45, 7) is 3.30. The lowest BCUT2D eigenvalue weighted by Gasteiger charge is -2.45. The molecule has 19 heavy (non-hydrogen) atoms. The molecule has 3 aliphatic rings. The van der Waals surface area contributed by atoms with Crippen molar-refractivity contribution in [1.82, 2.24) is 9.88 Å². The van der Waals surface area contributed by atoms with Gasteiger partial charge in [-0.3, -0.25) is 0 Å². The maximum Gasteiger partial charge on any atom is 0.337 e. The lowest BCUT2D eigenvalue weighted by molar-refractivity contribution is 0.0697. The average molecular weight is 262 g/mol. The highest BCUT2D eigenvalue weighted by Gasteiger charge is 2.34. The molecule has 0 radical (unpaired) electrons. The zero-order valence-corrected chi connectivity index (χ0v) is 10.7. The normalized spacial score (nSPS) is 29.2. The second-order valence-corrected chi connectivity index (χ2v) is 5.35. The SMILES string of the molecule is Nc1cc(C(=O)O)c(NC2CN3CCC2CC3)cn1. The van der Waals surface area contributed by atoms with Crippen molar-refractivity contribution in [3.05, 3.63) is 17.8 Å². The van der Waals surface area contributed by atoms with Crippen LogP contribution in [-0.2, 0) is 0 Å². The van der Waals surface area contributed by atoms with E-state index in [1.54, 1.807) is 0 Å². The summed E-state index contributed by atoms with van der Waals surface area (Å²) in [5, 5.41) is 12.6. The summed E-state index contributed by atoms with van der Waals surface area (Å²) in [7, 11) is 0. The summed E-state index contributed by atoms with van der Waals surface area (Å²) in [5.41, 5.74) is 6.32. The van der Waals surface area contributed by atoms with E-state index in [-0.39, 0.29) is 11.4 Å². The van der Waals surface area contributed by atoms with Crippen molar-refractivity contribution in [3.63, 3.8) is 0 Å². The largest absolute Gasteiger partial charge is 0.478 e. The second-order valence-electron chi connectivity index (χ2n) is 5.35. The summed E-state index contributed by atoms with van der Waals surface area (Å²) in [4.78, 5) is 17.6. The Kier molecular flexibility index (Phi) is 3.02. The Labute approximate surface area is 111 Å². The Bertz CT molecular complexity index is 497. The highest BCUT2D eigenvalue weighted by atomic mass is 16.4. The first-order valence-electron chi connectivity index (χ1n) is 6.61. The number of pyridine rings is 1. The summed E-state index contributed by atoms with van der Waals surface area (Å²) >= 11 is 0. The molecule has 4 rings (SSSR count). The Morgan fingerprint density at radius 1 is 1.47 bits per heavy atom. The van der Waals surface area contributed by atoms with Gasteiger partial charge in [0.05, 0.1) is 17.4 Å². The van der Waals surface area contributed by atoms with E-state index < -0.39 is 5.97 Å². The number of hydrogen-bond acceptors (Lipinski definition) is 5. The Morgan fingerprint density at radius 3 is 2.79 bits per heavy atom. The van der Waals surface area contributed by atoms with Gasteiger partial charge in [0, 0.05) is 12.6 Å². The molecule has 1 aromatic heterocycles. The molecule has 0 amide bonds. The number of nitrogens with one attached hydrogen (secondary N) is 1. The van der Waals surface area contributed by atoms with Crippen molar-refractivity contribution in [1.29, 1.82) is 0 Å². The summed E-state index contributed by atoms with van der Waals surface area (Å²) < 4.78 is 0. The zero-order valence-electron chi connectivity index (χ0n) is 10.7. The predicted molar refractivity (Wildman–Crippen MR) is 72.2 cm³/mol. The van der Waals surface area contributed by atoms with E-state index in [2.05, 4.69) is 15.2 Å². The van der Waals surface area contributed by atoms with Crippen molar-refractivity contribution < 1.29 is 9.90 Å². The van der Waals surface area contributed by atoms with Crippen LogP contribution in [0.25, 0.3) is 0 Å². The predicted octanol–water partition coefficient (Wildman–Crippen LogP) is 0.868. The van der Waals surface area contributed by atoms with Crippen LogP contribution in [0.4, 0.5) is 11.5 Å². The van der Waals surface area contributed by atoms with Gasteiger partial charge in [0.1, 0.15) is 5.82 Å². The van der Waals surface area contributed by atoms with Gasteiger partial charge in [0.15, 0.2) is 0 Å². The number of nitrogen functional groups attached to an aromatic ring is 1. The molecule has 3 saturated heterocycles. The van der Waals surface area contributed by atoms with Crippen LogP contribution >= 0.6 is 0 Å². The maximum atomic E-state index is 11.2. The minimum Gasteiger partial charge on any atom is -0.478 e. The molecule has 2 bridgehead atoms. The Balaban J connectivity index is 1.81. The van der Waals surface area contributed by atoms with Gasteiger partial charge in [0.2, 0.25) is 0 Å². The Hall–Kier alpha value is -1.82. The molecule has 1 aromatic rings. The molecule has 6 heteroatoms. The zero-order chi connectivity index (χ0) is 13.4. The van der Waals surface area contributed by atoms with Gasteiger partial charge in [-0.25, -0.2) is 9.78 Å². The van der Waals surface area contributed by atoms with Gasteiger partial charge < -0.3 is 21.1 Å². The number of piperidine rings is 3. The van der Waals surface area contributed by atoms with Gasteiger partial charge in [-0.15, -0.1) is 0 Å². The third-order valence-electron chi connectivity index (χ3n) is 4.15. The summed E-state index contributed by atoms with van der Waals surface area (Å²) in [5.74, 6) is -0.112. The number of carboxylic acid groups (broad SMARTS) is 1. The summed E-state index contributed by atoms with van der Waals surface area (Å²) in [6.07, 6.45) is 3.89. The number of carbonyl (C=O) groups is 1. The van der Waals surface area contributed by atoms with Crippen LogP contribution < -0.4 is 11.1 Å². The highest BCUT2D eigenvalue weighted by Crippen LogP contribution is 2.30. The maximum absolute atomic E-state index is 11.2.